The van der Waals surface area contributed by atoms with Gasteiger partial charge in [-0.15, -0.1) is 0 Å². The number of hydrogen-bond acceptors (Lipinski definition) is 3. The summed E-state index contributed by atoms with van der Waals surface area (Å²) in [5.74, 6) is 0.715. The van der Waals surface area contributed by atoms with E-state index in [1.54, 1.807) is 12.3 Å². The highest BCUT2D eigenvalue weighted by Crippen LogP contribution is 2.29. The Morgan fingerprint density at radius 1 is 1.71 bits per heavy atom. The average Bonchev–Trinajstić information content (AvgIpc) is 2.20. The minimum absolute atomic E-state index is 0.300. The van der Waals surface area contributed by atoms with Gasteiger partial charge in [0.2, 0.25) is 0 Å². The number of halogens is 2. The molecule has 0 aliphatic rings. The third kappa shape index (κ3) is 3.12. The van der Waals surface area contributed by atoms with E-state index in [4.69, 9.17) is 16.3 Å². The Balaban J connectivity index is 2.63. The number of likely N-dealkylation sites (N-methyl/N-ethyl adjacent to an activating group) is 1. The van der Waals surface area contributed by atoms with Gasteiger partial charge in [-0.25, -0.2) is 4.98 Å². The SMILES string of the molecule is CN[C@@H](C)COc1ccnc(Cl)c1Br. The van der Waals surface area contributed by atoms with E-state index in [2.05, 4.69) is 26.2 Å². The first kappa shape index (κ1) is 11.8. The Hall–Kier alpha value is -0.320. The van der Waals surface area contributed by atoms with Gasteiger partial charge in [0.05, 0.1) is 4.47 Å². The summed E-state index contributed by atoms with van der Waals surface area (Å²) in [4.78, 5) is 3.91. The Morgan fingerprint density at radius 2 is 2.43 bits per heavy atom. The molecule has 0 saturated heterocycles. The molecular formula is C9H12BrClN2O. The van der Waals surface area contributed by atoms with Gasteiger partial charge in [-0.3, -0.25) is 0 Å². The zero-order chi connectivity index (χ0) is 10.6. The van der Waals surface area contributed by atoms with E-state index in [0.717, 1.165) is 0 Å². The molecule has 0 aromatic carbocycles. The van der Waals surface area contributed by atoms with E-state index in [-0.39, 0.29) is 0 Å². The predicted octanol–water partition coefficient (Wildman–Crippen LogP) is 2.48. The molecule has 14 heavy (non-hydrogen) atoms. The van der Waals surface area contributed by atoms with Gasteiger partial charge in [-0.2, -0.15) is 0 Å². The lowest BCUT2D eigenvalue weighted by atomic mass is 10.4. The molecule has 1 rings (SSSR count). The van der Waals surface area contributed by atoms with Crippen LogP contribution < -0.4 is 10.1 Å². The number of aromatic nitrogens is 1. The molecule has 1 atom stereocenters. The van der Waals surface area contributed by atoms with Gasteiger partial charge in [0, 0.05) is 12.2 Å². The second kappa shape index (κ2) is 5.53. The maximum absolute atomic E-state index is 5.81. The summed E-state index contributed by atoms with van der Waals surface area (Å²) in [6.07, 6.45) is 1.62. The van der Waals surface area contributed by atoms with Crippen LogP contribution in [0.4, 0.5) is 0 Å². The van der Waals surface area contributed by atoms with E-state index in [1.165, 1.54) is 0 Å². The molecule has 1 aromatic heterocycles. The molecule has 1 aromatic rings. The highest BCUT2D eigenvalue weighted by molar-refractivity contribution is 9.10. The Kier molecular flexibility index (Phi) is 4.65. The topological polar surface area (TPSA) is 34.1 Å². The highest BCUT2D eigenvalue weighted by atomic mass is 79.9. The van der Waals surface area contributed by atoms with Gasteiger partial charge in [0.15, 0.2) is 0 Å². The van der Waals surface area contributed by atoms with Gasteiger partial charge in [-0.05, 0) is 36.0 Å². The van der Waals surface area contributed by atoms with Crippen LogP contribution in [0.25, 0.3) is 0 Å². The van der Waals surface area contributed by atoms with E-state index in [0.29, 0.717) is 28.0 Å². The maximum atomic E-state index is 5.81. The molecule has 0 radical (unpaired) electrons. The molecule has 5 heteroatoms. The van der Waals surface area contributed by atoms with E-state index in [1.807, 2.05) is 14.0 Å². The summed E-state index contributed by atoms with van der Waals surface area (Å²) in [6.45, 7) is 2.63. The molecular weight excluding hydrogens is 267 g/mol. The van der Waals surface area contributed by atoms with Crippen LogP contribution in [0.2, 0.25) is 5.15 Å². The minimum Gasteiger partial charge on any atom is -0.491 e. The van der Waals surface area contributed by atoms with Crippen molar-refractivity contribution in [1.82, 2.24) is 10.3 Å². The molecule has 0 aliphatic heterocycles. The van der Waals surface area contributed by atoms with Crippen LogP contribution in [0.3, 0.4) is 0 Å². The van der Waals surface area contributed by atoms with Crippen molar-refractivity contribution < 1.29 is 4.74 Å². The number of ether oxygens (including phenoxy) is 1. The fourth-order valence-corrected chi connectivity index (χ4v) is 1.31. The van der Waals surface area contributed by atoms with E-state index < -0.39 is 0 Å². The third-order valence-electron chi connectivity index (χ3n) is 1.79. The largest absolute Gasteiger partial charge is 0.491 e. The van der Waals surface area contributed by atoms with Gasteiger partial charge in [-0.1, -0.05) is 11.6 Å². The van der Waals surface area contributed by atoms with Crippen molar-refractivity contribution in [3.05, 3.63) is 21.9 Å². The lowest BCUT2D eigenvalue weighted by Crippen LogP contribution is -2.28. The minimum atomic E-state index is 0.300. The summed E-state index contributed by atoms with van der Waals surface area (Å²) < 4.78 is 6.24. The number of rotatable bonds is 4. The molecule has 1 N–H and O–H groups in total. The van der Waals surface area contributed by atoms with Crippen LogP contribution >= 0.6 is 27.5 Å². The number of nitrogens with zero attached hydrogens (tertiary/aromatic N) is 1. The van der Waals surface area contributed by atoms with Crippen LogP contribution in [0.15, 0.2) is 16.7 Å². The summed E-state index contributed by atoms with van der Waals surface area (Å²) in [5.41, 5.74) is 0. The van der Waals surface area contributed by atoms with Crippen molar-refractivity contribution in [3.63, 3.8) is 0 Å². The number of pyridine rings is 1. The Bertz CT molecular complexity index is 309. The first-order valence-corrected chi connectivity index (χ1v) is 5.42. The van der Waals surface area contributed by atoms with E-state index >= 15 is 0 Å². The van der Waals surface area contributed by atoms with Crippen molar-refractivity contribution >= 4 is 27.5 Å². The fraction of sp³-hybridized carbons (Fsp3) is 0.444. The van der Waals surface area contributed by atoms with Crippen LogP contribution in [-0.2, 0) is 0 Å². The molecule has 0 spiro atoms. The van der Waals surface area contributed by atoms with Gasteiger partial charge >= 0.3 is 0 Å². The maximum Gasteiger partial charge on any atom is 0.146 e. The molecule has 0 amide bonds. The first-order valence-electron chi connectivity index (χ1n) is 4.25. The number of hydrogen-bond donors (Lipinski definition) is 1. The molecule has 0 unspecified atom stereocenters. The smallest absolute Gasteiger partial charge is 0.146 e. The normalized spacial score (nSPS) is 12.6. The monoisotopic (exact) mass is 278 g/mol. The molecule has 78 valence electrons. The summed E-state index contributed by atoms with van der Waals surface area (Å²) in [7, 11) is 1.89. The van der Waals surface area contributed by atoms with Gasteiger partial charge in [0.25, 0.3) is 0 Å². The Labute approximate surface area is 96.9 Å². The van der Waals surface area contributed by atoms with Crippen molar-refractivity contribution in [2.75, 3.05) is 13.7 Å². The zero-order valence-corrected chi connectivity index (χ0v) is 10.4. The van der Waals surface area contributed by atoms with Crippen LogP contribution in [0.5, 0.6) is 5.75 Å². The lowest BCUT2D eigenvalue weighted by Gasteiger charge is -2.13. The first-order chi connectivity index (χ1) is 6.65. The Morgan fingerprint density at radius 3 is 3.07 bits per heavy atom. The van der Waals surface area contributed by atoms with Crippen molar-refractivity contribution in [2.24, 2.45) is 0 Å². The van der Waals surface area contributed by atoms with Gasteiger partial charge in [0.1, 0.15) is 17.5 Å². The number of nitrogens with one attached hydrogen (secondary N) is 1. The average molecular weight is 280 g/mol. The van der Waals surface area contributed by atoms with Crippen molar-refractivity contribution in [2.45, 2.75) is 13.0 Å². The van der Waals surface area contributed by atoms with E-state index in [9.17, 15) is 0 Å². The quantitative estimate of drug-likeness (QED) is 0.860. The fourth-order valence-electron chi connectivity index (χ4n) is 0.811. The highest BCUT2D eigenvalue weighted by Gasteiger charge is 2.07. The molecule has 0 aliphatic carbocycles. The summed E-state index contributed by atoms with van der Waals surface area (Å²) in [5, 5.41) is 3.50. The van der Waals surface area contributed by atoms with Gasteiger partial charge < -0.3 is 10.1 Å². The van der Waals surface area contributed by atoms with Crippen LogP contribution in [0.1, 0.15) is 6.92 Å². The predicted molar refractivity (Wildman–Crippen MR) is 61.0 cm³/mol. The van der Waals surface area contributed by atoms with Crippen molar-refractivity contribution in [1.29, 1.82) is 0 Å². The molecule has 0 bridgehead atoms. The molecule has 0 saturated carbocycles. The van der Waals surface area contributed by atoms with Crippen molar-refractivity contribution in [3.8, 4) is 5.75 Å². The standard InChI is InChI=1S/C9H12BrClN2O/c1-6(12-2)5-14-7-3-4-13-9(11)8(7)10/h3-4,6,12H,5H2,1-2H3/t6-/m0/s1. The molecule has 1 heterocycles. The summed E-state index contributed by atoms with van der Waals surface area (Å²) >= 11 is 9.12. The van der Waals surface area contributed by atoms with Crippen LogP contribution in [-0.4, -0.2) is 24.7 Å². The lowest BCUT2D eigenvalue weighted by molar-refractivity contribution is 0.278. The third-order valence-corrected chi connectivity index (χ3v) is 3.07. The second-order valence-corrected chi connectivity index (χ2v) is 4.07. The molecule has 0 fully saturated rings. The zero-order valence-electron chi connectivity index (χ0n) is 8.05. The summed E-state index contributed by atoms with van der Waals surface area (Å²) in [6, 6.07) is 2.08. The second-order valence-electron chi connectivity index (χ2n) is 2.91. The molecule has 3 nitrogen and oxygen atoms in total. The van der Waals surface area contributed by atoms with Crippen LogP contribution in [0, 0.1) is 0 Å².